The number of hydrogen-bond acceptors (Lipinski definition) is 5. The molecule has 2 aliphatic heterocycles. The van der Waals surface area contributed by atoms with Crippen molar-refractivity contribution in [2.75, 3.05) is 26.3 Å². The molecule has 0 radical (unpaired) electrons. The van der Waals surface area contributed by atoms with Gasteiger partial charge in [0.2, 0.25) is 10.0 Å². The van der Waals surface area contributed by atoms with Crippen LogP contribution in [-0.2, 0) is 10.0 Å². The summed E-state index contributed by atoms with van der Waals surface area (Å²) in [6.45, 7) is 3.16. The Balaban J connectivity index is 1.91. The number of hydrogen-bond donors (Lipinski definition) is 1. The zero-order chi connectivity index (χ0) is 15.1. The summed E-state index contributed by atoms with van der Waals surface area (Å²) >= 11 is 0. The molecule has 7 heteroatoms. The topological polar surface area (TPSA) is 76.1 Å². The van der Waals surface area contributed by atoms with Crippen LogP contribution in [0.2, 0.25) is 0 Å². The molecule has 1 atom stereocenters. The van der Waals surface area contributed by atoms with Gasteiger partial charge in [0.05, 0.1) is 23.7 Å². The molecule has 0 aliphatic carbocycles. The largest absolute Gasteiger partial charge is 0.490 e. The molecule has 1 saturated heterocycles. The van der Waals surface area contributed by atoms with Crippen LogP contribution in [0.5, 0.6) is 11.5 Å². The summed E-state index contributed by atoms with van der Waals surface area (Å²) in [6.07, 6.45) is 1.21. The van der Waals surface area contributed by atoms with Crippen LogP contribution in [0.4, 0.5) is 0 Å². The highest BCUT2D eigenvalue weighted by molar-refractivity contribution is 7.89. The molecule has 0 bridgehead atoms. The lowest BCUT2D eigenvalue weighted by molar-refractivity contribution is 0.0762. The van der Waals surface area contributed by atoms with Gasteiger partial charge in [-0.25, -0.2) is 8.42 Å². The number of sulfonamides is 1. The minimum Gasteiger partial charge on any atom is -0.490 e. The SMILES string of the molecule is CC1(O)CCN(S(=O)(=O)c2ccc3c(c2)OCCCO3)C1. The highest BCUT2D eigenvalue weighted by atomic mass is 32.2. The lowest BCUT2D eigenvalue weighted by Gasteiger charge is -2.19. The number of fused-ring (bicyclic) bond motifs is 1. The molecule has 3 rings (SSSR count). The van der Waals surface area contributed by atoms with Gasteiger partial charge in [0.1, 0.15) is 0 Å². The van der Waals surface area contributed by atoms with Crippen molar-refractivity contribution in [3.05, 3.63) is 18.2 Å². The second-order valence-corrected chi connectivity index (χ2v) is 7.68. The molecule has 0 saturated carbocycles. The van der Waals surface area contributed by atoms with E-state index < -0.39 is 15.6 Å². The third kappa shape index (κ3) is 2.86. The van der Waals surface area contributed by atoms with Crippen molar-refractivity contribution in [2.24, 2.45) is 0 Å². The highest BCUT2D eigenvalue weighted by Gasteiger charge is 2.38. The average Bonchev–Trinajstić information content (AvgIpc) is 2.67. The van der Waals surface area contributed by atoms with Gasteiger partial charge in [-0.3, -0.25) is 0 Å². The van der Waals surface area contributed by atoms with E-state index in [2.05, 4.69) is 0 Å². The molecule has 21 heavy (non-hydrogen) atoms. The summed E-state index contributed by atoms with van der Waals surface area (Å²) in [5, 5.41) is 9.95. The summed E-state index contributed by atoms with van der Waals surface area (Å²) in [5.41, 5.74) is -0.960. The zero-order valence-electron chi connectivity index (χ0n) is 11.9. The molecule has 0 amide bonds. The van der Waals surface area contributed by atoms with Crippen molar-refractivity contribution < 1.29 is 23.0 Å². The molecular weight excluding hydrogens is 294 g/mol. The van der Waals surface area contributed by atoms with E-state index in [9.17, 15) is 13.5 Å². The van der Waals surface area contributed by atoms with Crippen molar-refractivity contribution in [3.8, 4) is 11.5 Å². The standard InChI is InChI=1S/C14H19NO5S/c1-14(16)5-6-15(10-14)21(17,18)11-3-4-12-13(9-11)20-8-2-7-19-12/h3-4,9,16H,2,5-8,10H2,1H3. The molecule has 1 N–H and O–H groups in total. The lowest BCUT2D eigenvalue weighted by Crippen LogP contribution is -2.33. The Hall–Kier alpha value is -1.31. The van der Waals surface area contributed by atoms with E-state index in [1.807, 2.05) is 0 Å². The Bertz CT molecular complexity index is 641. The maximum Gasteiger partial charge on any atom is 0.243 e. The monoisotopic (exact) mass is 313 g/mol. The summed E-state index contributed by atoms with van der Waals surface area (Å²) in [4.78, 5) is 0.171. The zero-order valence-corrected chi connectivity index (χ0v) is 12.7. The average molecular weight is 313 g/mol. The van der Waals surface area contributed by atoms with Crippen LogP contribution in [0.25, 0.3) is 0 Å². The molecular formula is C14H19NO5S. The Morgan fingerprint density at radius 2 is 1.95 bits per heavy atom. The second-order valence-electron chi connectivity index (χ2n) is 5.74. The second kappa shape index (κ2) is 5.15. The highest BCUT2D eigenvalue weighted by Crippen LogP contribution is 2.34. The Morgan fingerprint density at radius 3 is 2.62 bits per heavy atom. The third-order valence-electron chi connectivity index (χ3n) is 3.77. The Kier molecular flexibility index (Phi) is 3.59. The molecule has 2 heterocycles. The van der Waals surface area contributed by atoms with E-state index in [1.54, 1.807) is 13.0 Å². The maximum absolute atomic E-state index is 12.6. The van der Waals surface area contributed by atoms with E-state index in [0.29, 0.717) is 37.7 Å². The number of ether oxygens (including phenoxy) is 2. The van der Waals surface area contributed by atoms with Crippen LogP contribution >= 0.6 is 0 Å². The minimum absolute atomic E-state index is 0.115. The van der Waals surface area contributed by atoms with Crippen LogP contribution in [0.3, 0.4) is 0 Å². The summed E-state index contributed by atoms with van der Waals surface area (Å²) < 4.78 is 37.6. The number of nitrogens with zero attached hydrogens (tertiary/aromatic N) is 1. The predicted octanol–water partition coefficient (Wildman–Crippen LogP) is 0.993. The first-order valence-electron chi connectivity index (χ1n) is 7.01. The number of aliphatic hydroxyl groups is 1. The first-order valence-corrected chi connectivity index (χ1v) is 8.45. The molecule has 2 aliphatic rings. The van der Waals surface area contributed by atoms with Gasteiger partial charge in [-0.05, 0) is 25.5 Å². The molecule has 0 aromatic heterocycles. The van der Waals surface area contributed by atoms with E-state index in [-0.39, 0.29) is 11.4 Å². The summed E-state index contributed by atoms with van der Waals surface area (Å²) in [5.74, 6) is 1.03. The van der Waals surface area contributed by atoms with Crippen molar-refractivity contribution in [1.82, 2.24) is 4.31 Å². The van der Waals surface area contributed by atoms with Crippen LogP contribution < -0.4 is 9.47 Å². The number of benzene rings is 1. The van der Waals surface area contributed by atoms with Crippen molar-refractivity contribution >= 4 is 10.0 Å². The van der Waals surface area contributed by atoms with Gasteiger partial charge in [0.15, 0.2) is 11.5 Å². The van der Waals surface area contributed by atoms with Crippen molar-refractivity contribution in [3.63, 3.8) is 0 Å². The first kappa shape index (κ1) is 14.6. The molecule has 0 spiro atoms. The number of rotatable bonds is 2. The number of β-amino-alcohol motifs (C(OH)–C–C–N with tert-alkyl or cyclic N) is 1. The van der Waals surface area contributed by atoms with Gasteiger partial charge in [0.25, 0.3) is 0 Å². The fourth-order valence-corrected chi connectivity index (χ4v) is 4.14. The molecule has 1 aromatic rings. The lowest BCUT2D eigenvalue weighted by atomic mass is 10.1. The first-order chi connectivity index (χ1) is 9.88. The predicted molar refractivity (Wildman–Crippen MR) is 76.0 cm³/mol. The van der Waals surface area contributed by atoms with Crippen LogP contribution in [0.15, 0.2) is 23.1 Å². The van der Waals surface area contributed by atoms with Gasteiger partial charge >= 0.3 is 0 Å². The Labute approximate surface area is 124 Å². The summed E-state index contributed by atoms with van der Waals surface area (Å²) in [6, 6.07) is 4.65. The fourth-order valence-electron chi connectivity index (χ4n) is 2.56. The van der Waals surface area contributed by atoms with Crippen LogP contribution in [-0.4, -0.2) is 49.7 Å². The smallest absolute Gasteiger partial charge is 0.243 e. The van der Waals surface area contributed by atoms with Gasteiger partial charge in [0, 0.05) is 25.6 Å². The van der Waals surface area contributed by atoms with Gasteiger partial charge in [-0.1, -0.05) is 0 Å². The van der Waals surface area contributed by atoms with E-state index in [0.717, 1.165) is 6.42 Å². The van der Waals surface area contributed by atoms with E-state index in [4.69, 9.17) is 9.47 Å². The van der Waals surface area contributed by atoms with E-state index >= 15 is 0 Å². The van der Waals surface area contributed by atoms with Gasteiger partial charge < -0.3 is 14.6 Å². The minimum atomic E-state index is -3.62. The normalized spacial score (nSPS) is 26.6. The van der Waals surface area contributed by atoms with E-state index in [1.165, 1.54) is 16.4 Å². The molecule has 1 fully saturated rings. The Morgan fingerprint density at radius 1 is 1.24 bits per heavy atom. The van der Waals surface area contributed by atoms with Crippen LogP contribution in [0.1, 0.15) is 19.8 Å². The quantitative estimate of drug-likeness (QED) is 0.881. The van der Waals surface area contributed by atoms with Gasteiger partial charge in [-0.2, -0.15) is 4.31 Å². The molecule has 1 aromatic carbocycles. The molecule has 116 valence electrons. The fraction of sp³-hybridized carbons (Fsp3) is 0.571. The molecule has 6 nitrogen and oxygen atoms in total. The van der Waals surface area contributed by atoms with Gasteiger partial charge in [-0.15, -0.1) is 0 Å². The molecule has 1 unspecified atom stereocenters. The van der Waals surface area contributed by atoms with Crippen LogP contribution in [0, 0.1) is 0 Å². The van der Waals surface area contributed by atoms with Crippen molar-refractivity contribution in [2.45, 2.75) is 30.3 Å². The maximum atomic E-state index is 12.6. The third-order valence-corrected chi connectivity index (χ3v) is 5.61. The van der Waals surface area contributed by atoms with Crippen molar-refractivity contribution in [1.29, 1.82) is 0 Å². The summed E-state index contributed by atoms with van der Waals surface area (Å²) in [7, 11) is -3.62.